The lowest BCUT2D eigenvalue weighted by Crippen LogP contribution is -2.27. The van der Waals surface area contributed by atoms with Crippen molar-refractivity contribution < 1.29 is 23.5 Å². The molecule has 0 amide bonds. The van der Waals surface area contributed by atoms with Crippen LogP contribution in [0.5, 0.6) is 0 Å². The molecule has 0 aromatic heterocycles. The Labute approximate surface area is 97.7 Å². The molecule has 0 fully saturated rings. The number of carbonyl (C=O) groups excluding carboxylic acids is 1. The molecule has 0 unspecified atom stereocenters. The van der Waals surface area contributed by atoms with Crippen LogP contribution in [0.2, 0.25) is 0 Å². The summed E-state index contributed by atoms with van der Waals surface area (Å²) >= 11 is 0. The molecule has 0 rings (SSSR count). The van der Waals surface area contributed by atoms with E-state index in [2.05, 4.69) is 0 Å². The quantitative estimate of drug-likeness (QED) is 0.580. The predicted octanol–water partition coefficient (Wildman–Crippen LogP) is 2.16. The zero-order chi connectivity index (χ0) is 12.8. The first kappa shape index (κ1) is 15.8. The van der Waals surface area contributed by atoms with Crippen LogP contribution in [0.3, 0.4) is 0 Å². The predicted molar refractivity (Wildman–Crippen MR) is 63.1 cm³/mol. The molecule has 0 aliphatic heterocycles. The summed E-state index contributed by atoms with van der Waals surface area (Å²) in [4.78, 5) is 21.5. The largest absolute Gasteiger partial charge is 0.457 e. The van der Waals surface area contributed by atoms with E-state index in [0.29, 0.717) is 13.2 Å². The fourth-order valence-electron chi connectivity index (χ4n) is 1.07. The average Bonchev–Trinajstić information content (AvgIpc) is 1.99. The van der Waals surface area contributed by atoms with Crippen molar-refractivity contribution >= 4 is 13.9 Å². The van der Waals surface area contributed by atoms with Gasteiger partial charge in [0.05, 0.1) is 13.2 Å². The molecule has 0 saturated heterocycles. The van der Waals surface area contributed by atoms with E-state index in [-0.39, 0.29) is 6.16 Å². The lowest BCUT2D eigenvalue weighted by molar-refractivity contribution is -0.151. The smallest absolute Gasteiger partial charge is 0.420 e. The van der Waals surface area contributed by atoms with E-state index in [1.807, 2.05) is 0 Å². The summed E-state index contributed by atoms with van der Waals surface area (Å²) in [5, 5.41) is 0. The Morgan fingerprint density at radius 1 is 1.19 bits per heavy atom. The number of esters is 1. The van der Waals surface area contributed by atoms with Crippen LogP contribution in [0.15, 0.2) is 0 Å². The third-order valence-electron chi connectivity index (χ3n) is 1.41. The minimum absolute atomic E-state index is 0.230. The Bertz CT molecular complexity index is 218. The molecule has 1 N–H and O–H groups in total. The lowest BCUT2D eigenvalue weighted by Gasteiger charge is -2.21. The van der Waals surface area contributed by atoms with Gasteiger partial charge in [-0.1, -0.05) is 0 Å². The summed E-state index contributed by atoms with van der Waals surface area (Å²) in [5.41, 5.74) is -0.569. The minimum Gasteiger partial charge on any atom is -0.457 e. The van der Waals surface area contributed by atoms with Crippen molar-refractivity contribution in [3.05, 3.63) is 0 Å². The Balaban J connectivity index is 4.34. The van der Waals surface area contributed by atoms with Gasteiger partial charge in [-0.3, -0.25) is 0 Å². The van der Waals surface area contributed by atoms with Gasteiger partial charge >= 0.3 is 13.9 Å². The molecule has 0 aromatic carbocycles. The van der Waals surface area contributed by atoms with Gasteiger partial charge in [-0.05, 0) is 34.6 Å². The Hall–Kier alpha value is -0.220. The van der Waals surface area contributed by atoms with Crippen LogP contribution in [-0.4, -0.2) is 35.8 Å². The summed E-state index contributed by atoms with van der Waals surface area (Å²) in [6, 6.07) is 0. The lowest BCUT2D eigenvalue weighted by atomic mass is 10.2. The normalized spacial score (nSPS) is 12.6. The minimum atomic E-state index is -3.09. The molecular weight excluding hydrogens is 231 g/mol. The van der Waals surface area contributed by atoms with Crippen LogP contribution >= 0.6 is 7.94 Å². The number of rotatable bonds is 6. The molecule has 6 heteroatoms. The highest BCUT2D eigenvalue weighted by atomic mass is 31.2. The molecule has 0 atom stereocenters. The van der Waals surface area contributed by atoms with Crippen LogP contribution in [0.25, 0.3) is 0 Å². The van der Waals surface area contributed by atoms with Gasteiger partial charge in [-0.15, -0.1) is 0 Å². The highest BCUT2D eigenvalue weighted by Crippen LogP contribution is 2.56. The van der Waals surface area contributed by atoms with Crippen molar-refractivity contribution in [2.75, 3.05) is 19.4 Å². The van der Waals surface area contributed by atoms with Gasteiger partial charge in [0.1, 0.15) is 5.60 Å². The first-order valence-corrected chi connectivity index (χ1v) is 7.10. The van der Waals surface area contributed by atoms with Crippen LogP contribution in [0.1, 0.15) is 34.6 Å². The van der Waals surface area contributed by atoms with E-state index >= 15 is 0 Å². The summed E-state index contributed by atoms with van der Waals surface area (Å²) in [6.07, 6.45) is -0.230. The maximum Gasteiger partial charge on any atom is 0.420 e. The van der Waals surface area contributed by atoms with Crippen molar-refractivity contribution in [2.45, 2.75) is 40.2 Å². The van der Waals surface area contributed by atoms with Gasteiger partial charge in [0.2, 0.25) is 6.16 Å². The third kappa shape index (κ3) is 7.12. The number of carbonyl (C=O) groups is 1. The highest BCUT2D eigenvalue weighted by Gasteiger charge is 2.44. The molecule has 96 valence electrons. The monoisotopic (exact) mass is 253 g/mol. The third-order valence-corrected chi connectivity index (χ3v) is 3.39. The van der Waals surface area contributed by atoms with Gasteiger partial charge in [0.25, 0.3) is 0 Å². The molecule has 0 heterocycles. The maximum absolute atomic E-state index is 11.5. The highest BCUT2D eigenvalue weighted by molar-refractivity contribution is 7.61. The fraction of sp³-hybridized carbons (Fsp3) is 0.900. The van der Waals surface area contributed by atoms with Crippen LogP contribution in [0, 0.1) is 0 Å². The number of ether oxygens (including phenoxy) is 1. The second-order valence-corrected chi connectivity index (χ2v) is 6.33. The first-order chi connectivity index (χ1) is 7.22. The Kier molecular flexibility index (Phi) is 6.41. The van der Waals surface area contributed by atoms with Crippen molar-refractivity contribution in [1.82, 2.24) is 0 Å². The Morgan fingerprint density at radius 3 is 1.94 bits per heavy atom. The molecule has 0 spiro atoms. The molecule has 0 aromatic rings. The first-order valence-electron chi connectivity index (χ1n) is 5.34. The second-order valence-electron chi connectivity index (χ2n) is 4.22. The van der Waals surface area contributed by atoms with E-state index < -0.39 is 19.5 Å². The van der Waals surface area contributed by atoms with Gasteiger partial charge in [-0.25, -0.2) is 4.79 Å². The van der Waals surface area contributed by atoms with Crippen LogP contribution in [-0.2, 0) is 18.6 Å². The van der Waals surface area contributed by atoms with Crippen molar-refractivity contribution in [3.8, 4) is 0 Å². The van der Waals surface area contributed by atoms with Gasteiger partial charge < -0.3 is 4.74 Å². The maximum atomic E-state index is 11.5. The fourth-order valence-corrected chi connectivity index (χ4v) is 2.52. The molecule has 0 radical (unpaired) electrons. The average molecular weight is 253 g/mol. The van der Waals surface area contributed by atoms with Crippen LogP contribution < -0.4 is 0 Å². The van der Waals surface area contributed by atoms with Crippen molar-refractivity contribution in [2.24, 2.45) is 0 Å². The molecule has 0 aliphatic carbocycles. The number of hydrogen-bond donors (Lipinski definition) is 1. The SMILES string of the molecule is CCO[P+](O)(CC(=O)OC(C)(C)C)OCC. The molecule has 0 saturated carbocycles. The van der Waals surface area contributed by atoms with E-state index in [4.69, 9.17) is 13.8 Å². The van der Waals surface area contributed by atoms with E-state index in [9.17, 15) is 9.69 Å². The molecule has 0 bridgehead atoms. The molecule has 0 aliphatic rings. The van der Waals surface area contributed by atoms with Crippen molar-refractivity contribution in [1.29, 1.82) is 0 Å². The summed E-state index contributed by atoms with van der Waals surface area (Å²) < 4.78 is 15.3. The zero-order valence-corrected chi connectivity index (χ0v) is 11.5. The summed E-state index contributed by atoms with van der Waals surface area (Å²) in [6.45, 7) is 9.37. The zero-order valence-electron chi connectivity index (χ0n) is 10.6. The van der Waals surface area contributed by atoms with E-state index in [1.165, 1.54) is 0 Å². The Morgan fingerprint density at radius 2 is 1.62 bits per heavy atom. The van der Waals surface area contributed by atoms with E-state index in [0.717, 1.165) is 0 Å². The molecular formula is C10H22O5P+. The van der Waals surface area contributed by atoms with Gasteiger partial charge in [0.15, 0.2) is 0 Å². The molecule has 16 heavy (non-hydrogen) atoms. The van der Waals surface area contributed by atoms with E-state index in [1.54, 1.807) is 34.6 Å². The van der Waals surface area contributed by atoms with Crippen LogP contribution in [0.4, 0.5) is 0 Å². The van der Waals surface area contributed by atoms with Gasteiger partial charge in [0, 0.05) is 0 Å². The summed E-state index contributed by atoms with van der Waals surface area (Å²) in [5.74, 6) is -0.509. The van der Waals surface area contributed by atoms with Gasteiger partial charge in [-0.2, -0.15) is 13.9 Å². The number of hydrogen-bond acceptors (Lipinski definition) is 5. The second kappa shape index (κ2) is 6.50. The molecule has 5 nitrogen and oxygen atoms in total. The van der Waals surface area contributed by atoms with Crippen molar-refractivity contribution in [3.63, 3.8) is 0 Å². The standard InChI is InChI=1S/C10H22O5P/c1-6-13-16(12,14-7-2)8-9(11)15-10(3,4)5/h12H,6-8H2,1-5H3/q+1. The topological polar surface area (TPSA) is 65.0 Å². The summed E-state index contributed by atoms with van der Waals surface area (Å²) in [7, 11) is -3.09.